The minimum atomic E-state index is -2.35. The van der Waals surface area contributed by atoms with Gasteiger partial charge in [0.15, 0.2) is 0 Å². The highest BCUT2D eigenvalue weighted by molar-refractivity contribution is 7.25. The van der Waals surface area contributed by atoms with E-state index in [0.717, 1.165) is 60.5 Å². The summed E-state index contributed by atoms with van der Waals surface area (Å²) in [7, 11) is 0. The topological polar surface area (TPSA) is 6.48 Å². The molecule has 0 atom stereocenters. The predicted octanol–water partition coefficient (Wildman–Crippen LogP) is 15.4. The first-order valence-electron chi connectivity index (χ1n) is 25.9. The monoisotopic (exact) mass is 874 g/mol. The third-order valence-electron chi connectivity index (χ3n) is 17.6. The molecule has 3 aliphatic carbocycles. The summed E-state index contributed by atoms with van der Waals surface area (Å²) in [6.45, 7) is 28.9. The lowest BCUT2D eigenvalue weighted by Crippen LogP contribution is -2.62. The van der Waals surface area contributed by atoms with Crippen molar-refractivity contribution in [2.24, 2.45) is 0 Å². The van der Waals surface area contributed by atoms with E-state index >= 15 is 0 Å². The van der Waals surface area contributed by atoms with Crippen LogP contribution in [0.3, 0.4) is 0 Å². The van der Waals surface area contributed by atoms with Crippen LogP contribution in [0.15, 0.2) is 91.0 Å². The molecule has 2 nitrogen and oxygen atoms in total. The van der Waals surface area contributed by atoms with Gasteiger partial charge in [-0.15, -0.1) is 11.3 Å². The van der Waals surface area contributed by atoms with E-state index in [1.807, 2.05) is 17.4 Å². The number of anilines is 6. The molecule has 0 amide bonds. The van der Waals surface area contributed by atoms with E-state index in [1.165, 1.54) is 81.2 Å². The Morgan fingerprint density at radius 1 is 0.477 bits per heavy atom. The quantitative estimate of drug-likeness (QED) is 0.160. The van der Waals surface area contributed by atoms with Crippen LogP contribution in [0.4, 0.5) is 34.1 Å². The van der Waals surface area contributed by atoms with Crippen LogP contribution in [0.2, 0.25) is 0 Å². The maximum Gasteiger partial charge on any atom is 0.252 e. The van der Waals surface area contributed by atoms with Gasteiger partial charge in [-0.05, 0) is 188 Å². The second kappa shape index (κ2) is 13.0. The molecule has 7 aromatic rings. The molecule has 0 spiro atoms. The summed E-state index contributed by atoms with van der Waals surface area (Å²) in [6.07, 6.45) is 5.54. The van der Waals surface area contributed by atoms with Crippen LogP contribution < -0.4 is 26.2 Å². The SMILES string of the molecule is [2H]C([2H])([2H])c1cc2c3c(c1)N(c1cc4c(cc1C)C(C)(C)CC4(C)C)c1cc4c(cc1B3c1cc3c(cc1N2c1ccc2c(c1)sc1ccccc12)C(C)(C)CCC3(C)C)C(C)(C)CCC4(C)C. The van der Waals surface area contributed by atoms with Gasteiger partial charge < -0.3 is 9.80 Å². The van der Waals surface area contributed by atoms with Crippen LogP contribution in [0.1, 0.15) is 164 Å². The Morgan fingerprint density at radius 2 is 0.954 bits per heavy atom. The Hall–Kier alpha value is -4.80. The summed E-state index contributed by atoms with van der Waals surface area (Å²) < 4.78 is 30.1. The van der Waals surface area contributed by atoms with Crippen LogP contribution in [0, 0.1) is 13.8 Å². The third kappa shape index (κ3) is 5.77. The minimum absolute atomic E-state index is 0.0108. The highest BCUT2D eigenvalue weighted by Gasteiger charge is 2.49. The predicted molar refractivity (Wildman–Crippen MR) is 284 cm³/mol. The van der Waals surface area contributed by atoms with Crippen molar-refractivity contribution in [2.45, 2.75) is 161 Å². The molecule has 0 unspecified atom stereocenters. The van der Waals surface area contributed by atoms with E-state index in [1.54, 1.807) is 0 Å². The maximum absolute atomic E-state index is 9.21. The molecule has 0 bridgehead atoms. The van der Waals surface area contributed by atoms with Crippen molar-refractivity contribution in [3.8, 4) is 0 Å². The van der Waals surface area contributed by atoms with E-state index in [0.29, 0.717) is 5.56 Å². The molecule has 6 aromatic carbocycles. The van der Waals surface area contributed by atoms with Gasteiger partial charge in [-0.3, -0.25) is 0 Å². The van der Waals surface area contributed by atoms with E-state index in [9.17, 15) is 4.11 Å². The van der Waals surface area contributed by atoms with Crippen LogP contribution in [0.25, 0.3) is 20.2 Å². The minimum Gasteiger partial charge on any atom is -0.311 e. The molecule has 5 aliphatic rings. The maximum atomic E-state index is 9.21. The molecule has 1 aromatic heterocycles. The zero-order valence-electron chi connectivity index (χ0n) is 44.1. The molecule has 0 saturated carbocycles. The van der Waals surface area contributed by atoms with Crippen LogP contribution >= 0.6 is 11.3 Å². The highest BCUT2D eigenvalue weighted by atomic mass is 32.1. The fraction of sp³-hybridized carbons (Fsp3) is 0.410. The van der Waals surface area contributed by atoms with Gasteiger partial charge in [-0.25, -0.2) is 0 Å². The van der Waals surface area contributed by atoms with Gasteiger partial charge in [0, 0.05) is 58.4 Å². The summed E-state index contributed by atoms with van der Waals surface area (Å²) in [5.41, 5.74) is 20.4. The van der Waals surface area contributed by atoms with E-state index in [4.69, 9.17) is 0 Å². The molecule has 12 rings (SSSR count). The Morgan fingerprint density at radius 3 is 1.54 bits per heavy atom. The van der Waals surface area contributed by atoms with Crippen LogP contribution in [0.5, 0.6) is 0 Å². The lowest BCUT2D eigenvalue weighted by atomic mass is 9.32. The molecular formula is C61H67BN2S. The zero-order chi connectivity index (χ0) is 48.2. The van der Waals surface area contributed by atoms with E-state index in [2.05, 4.69) is 185 Å². The summed E-state index contributed by atoms with van der Waals surface area (Å²) in [5.74, 6) is 0. The van der Waals surface area contributed by atoms with Crippen molar-refractivity contribution in [2.75, 3.05) is 9.80 Å². The second-order valence-electron chi connectivity index (χ2n) is 24.9. The summed E-state index contributed by atoms with van der Waals surface area (Å²) in [6, 6.07) is 35.1. The molecule has 0 fully saturated rings. The van der Waals surface area contributed by atoms with E-state index < -0.39 is 6.85 Å². The lowest BCUT2D eigenvalue weighted by Gasteiger charge is -2.49. The second-order valence-corrected chi connectivity index (χ2v) is 26.0. The number of aryl methyl sites for hydroxylation is 2. The van der Waals surface area contributed by atoms with Gasteiger partial charge in [0.05, 0.1) is 0 Å². The summed E-state index contributed by atoms with van der Waals surface area (Å²) in [5, 5.41) is 2.53. The summed E-state index contributed by atoms with van der Waals surface area (Å²) in [4.78, 5) is 5.00. The first-order chi connectivity index (χ1) is 31.7. The van der Waals surface area contributed by atoms with Crippen molar-refractivity contribution in [1.82, 2.24) is 0 Å². The Kier molecular flexibility index (Phi) is 7.67. The Bertz CT molecular complexity index is 3360. The smallest absolute Gasteiger partial charge is 0.252 e. The molecule has 4 heteroatoms. The molecule has 0 radical (unpaired) electrons. The van der Waals surface area contributed by atoms with Crippen LogP contribution in [-0.2, 0) is 32.5 Å². The van der Waals surface area contributed by atoms with Gasteiger partial charge in [-0.2, -0.15) is 0 Å². The number of hydrogen-bond acceptors (Lipinski definition) is 3. The highest BCUT2D eigenvalue weighted by Crippen LogP contribution is 2.56. The number of rotatable bonds is 2. The van der Waals surface area contributed by atoms with Gasteiger partial charge in [-0.1, -0.05) is 126 Å². The largest absolute Gasteiger partial charge is 0.311 e. The number of hydrogen-bond donors (Lipinski definition) is 0. The van der Waals surface area contributed by atoms with Gasteiger partial charge in [0.1, 0.15) is 0 Å². The molecule has 330 valence electrons. The third-order valence-corrected chi connectivity index (χ3v) is 18.7. The van der Waals surface area contributed by atoms with Gasteiger partial charge >= 0.3 is 0 Å². The molecule has 0 N–H and O–H groups in total. The van der Waals surface area contributed by atoms with Crippen molar-refractivity contribution in [3.05, 3.63) is 136 Å². The Balaban J connectivity index is 1.25. The van der Waals surface area contributed by atoms with E-state index in [-0.39, 0.29) is 39.2 Å². The zero-order valence-corrected chi connectivity index (χ0v) is 41.9. The van der Waals surface area contributed by atoms with Crippen molar-refractivity contribution in [1.29, 1.82) is 0 Å². The fourth-order valence-corrected chi connectivity index (χ4v) is 15.0. The van der Waals surface area contributed by atoms with Gasteiger partial charge in [0.25, 0.3) is 6.71 Å². The van der Waals surface area contributed by atoms with Gasteiger partial charge in [0.2, 0.25) is 0 Å². The number of nitrogens with zero attached hydrogens (tertiary/aromatic N) is 2. The molecule has 0 saturated heterocycles. The number of benzene rings is 6. The number of thiophene rings is 1. The number of fused-ring (bicyclic) bond motifs is 10. The first kappa shape index (κ1) is 38.3. The average Bonchev–Trinajstić information content (AvgIpc) is 3.71. The molecule has 65 heavy (non-hydrogen) atoms. The van der Waals surface area contributed by atoms with Crippen LogP contribution in [-0.4, -0.2) is 6.71 Å². The Labute approximate surface area is 397 Å². The van der Waals surface area contributed by atoms with Crippen molar-refractivity contribution >= 4 is 88.7 Å². The normalized spacial score (nSPS) is 21.7. The lowest BCUT2D eigenvalue weighted by molar-refractivity contribution is 0.332. The standard InChI is InChI=1S/C61H67BN2S/c1-35-25-51-55-52(26-35)64(48-31-45-40(27-36(48)2)60(11,12)34-61(45,13)14)50-33-44-42(57(5,6)22-24-59(44,9)10)30-47(50)62(55)46-29-41-43(58(7,8)23-21-56(41,3)4)32-49(46)63(51)37-19-20-39-38-17-15-16-18-53(38)65-54(39)28-37/h15-20,25-33H,21-24,34H2,1-14H3/i1D3. The molecule has 3 heterocycles. The van der Waals surface area contributed by atoms with Crippen molar-refractivity contribution < 1.29 is 4.11 Å². The molecule has 2 aliphatic heterocycles. The average molecular weight is 874 g/mol. The summed E-state index contributed by atoms with van der Waals surface area (Å²) >= 11 is 1.84. The van der Waals surface area contributed by atoms with Crippen molar-refractivity contribution in [3.63, 3.8) is 0 Å². The fourth-order valence-electron chi connectivity index (χ4n) is 13.9. The molecular weight excluding hydrogens is 804 g/mol. The first-order valence-corrected chi connectivity index (χ1v) is 25.2.